The number of rotatable bonds is 3. The van der Waals surface area contributed by atoms with Crippen molar-refractivity contribution in [2.24, 2.45) is 5.92 Å². The van der Waals surface area contributed by atoms with Gasteiger partial charge in [0.05, 0.1) is 6.33 Å². The zero-order valence-corrected chi connectivity index (χ0v) is 12.1. The molecule has 1 aromatic heterocycles. The van der Waals surface area contributed by atoms with Gasteiger partial charge in [-0.15, -0.1) is 0 Å². The van der Waals surface area contributed by atoms with E-state index < -0.39 is 0 Å². The summed E-state index contributed by atoms with van der Waals surface area (Å²) in [5.74, 6) is 0.888. The molecule has 0 radical (unpaired) electrons. The lowest BCUT2D eigenvalue weighted by Gasteiger charge is -2.18. The van der Waals surface area contributed by atoms with Crippen LogP contribution in [-0.2, 0) is 0 Å². The molecule has 2 unspecified atom stereocenters. The highest BCUT2D eigenvalue weighted by atomic mass is 15.0. The highest BCUT2D eigenvalue weighted by Crippen LogP contribution is 2.25. The molecule has 1 N–H and O–H groups in total. The van der Waals surface area contributed by atoms with Crippen LogP contribution in [0, 0.1) is 5.92 Å². The SMILES string of the molecule is CC1CCCC(Nc2cccc(-n3ccnc3)c2)CC1. The van der Waals surface area contributed by atoms with E-state index in [0.29, 0.717) is 6.04 Å². The first-order valence-corrected chi connectivity index (χ1v) is 7.66. The number of nitrogens with one attached hydrogen (secondary N) is 1. The number of imidazole rings is 1. The van der Waals surface area contributed by atoms with Crippen LogP contribution in [0.2, 0.25) is 0 Å². The molecule has 1 aliphatic carbocycles. The molecule has 3 heteroatoms. The van der Waals surface area contributed by atoms with E-state index in [4.69, 9.17) is 0 Å². The second kappa shape index (κ2) is 6.12. The molecular formula is C17H23N3. The van der Waals surface area contributed by atoms with Crippen molar-refractivity contribution < 1.29 is 0 Å². The molecule has 2 atom stereocenters. The Labute approximate surface area is 121 Å². The Morgan fingerprint density at radius 3 is 3.00 bits per heavy atom. The Morgan fingerprint density at radius 2 is 2.15 bits per heavy atom. The van der Waals surface area contributed by atoms with Crippen molar-refractivity contribution in [1.29, 1.82) is 0 Å². The first kappa shape index (κ1) is 13.2. The zero-order valence-electron chi connectivity index (χ0n) is 12.1. The molecule has 106 valence electrons. The van der Waals surface area contributed by atoms with Crippen molar-refractivity contribution in [2.75, 3.05) is 5.32 Å². The molecule has 3 rings (SSSR count). The van der Waals surface area contributed by atoms with Crippen LogP contribution < -0.4 is 5.32 Å². The maximum atomic E-state index is 4.11. The first-order valence-electron chi connectivity index (χ1n) is 7.66. The molecule has 1 saturated carbocycles. The molecule has 0 amide bonds. The summed E-state index contributed by atoms with van der Waals surface area (Å²) in [7, 11) is 0. The minimum absolute atomic E-state index is 0.623. The lowest BCUT2D eigenvalue weighted by molar-refractivity contribution is 0.502. The lowest BCUT2D eigenvalue weighted by Crippen LogP contribution is -2.18. The Hall–Kier alpha value is -1.77. The molecule has 2 aromatic rings. The third-order valence-corrected chi connectivity index (χ3v) is 4.28. The quantitative estimate of drug-likeness (QED) is 0.844. The van der Waals surface area contributed by atoms with Crippen molar-refractivity contribution >= 4 is 5.69 Å². The Morgan fingerprint density at radius 1 is 1.20 bits per heavy atom. The predicted octanol–water partition coefficient (Wildman–Crippen LogP) is 4.25. The summed E-state index contributed by atoms with van der Waals surface area (Å²) in [5, 5.41) is 3.71. The summed E-state index contributed by atoms with van der Waals surface area (Å²) in [6.07, 6.45) is 12.3. The van der Waals surface area contributed by atoms with Crippen LogP contribution in [0.25, 0.3) is 5.69 Å². The van der Waals surface area contributed by atoms with E-state index in [9.17, 15) is 0 Å². The topological polar surface area (TPSA) is 29.9 Å². The van der Waals surface area contributed by atoms with Gasteiger partial charge in [0.1, 0.15) is 0 Å². The standard InChI is InChI=1S/C17H23N3/c1-14-4-2-5-15(9-8-14)19-16-6-3-7-17(12-16)20-11-10-18-13-20/h3,6-7,10-15,19H,2,4-5,8-9H2,1H3. The third-order valence-electron chi connectivity index (χ3n) is 4.28. The molecule has 20 heavy (non-hydrogen) atoms. The van der Waals surface area contributed by atoms with Crippen molar-refractivity contribution in [3.8, 4) is 5.69 Å². The van der Waals surface area contributed by atoms with Crippen LogP contribution in [0.3, 0.4) is 0 Å². The summed E-state index contributed by atoms with van der Waals surface area (Å²) < 4.78 is 2.04. The van der Waals surface area contributed by atoms with Crippen LogP contribution in [0.15, 0.2) is 43.0 Å². The Kier molecular flexibility index (Phi) is 4.05. The van der Waals surface area contributed by atoms with Gasteiger partial charge in [0.25, 0.3) is 0 Å². The minimum Gasteiger partial charge on any atom is -0.382 e. The van der Waals surface area contributed by atoms with Gasteiger partial charge >= 0.3 is 0 Å². The highest BCUT2D eigenvalue weighted by molar-refractivity contribution is 5.51. The zero-order chi connectivity index (χ0) is 13.8. The number of aromatic nitrogens is 2. The number of hydrogen-bond donors (Lipinski definition) is 1. The molecule has 0 bridgehead atoms. The van der Waals surface area contributed by atoms with E-state index in [-0.39, 0.29) is 0 Å². The first-order chi connectivity index (χ1) is 9.81. The molecule has 1 heterocycles. The Bertz CT molecular complexity index is 533. The van der Waals surface area contributed by atoms with Crippen LogP contribution >= 0.6 is 0 Å². The summed E-state index contributed by atoms with van der Waals surface area (Å²) in [4.78, 5) is 4.11. The van der Waals surface area contributed by atoms with Crippen LogP contribution in [0.1, 0.15) is 39.0 Å². The predicted molar refractivity (Wildman–Crippen MR) is 83.2 cm³/mol. The summed E-state index contributed by atoms with van der Waals surface area (Å²) >= 11 is 0. The lowest BCUT2D eigenvalue weighted by atomic mass is 10.0. The summed E-state index contributed by atoms with van der Waals surface area (Å²) in [5.41, 5.74) is 2.38. The molecule has 1 aromatic carbocycles. The number of anilines is 1. The molecule has 0 saturated heterocycles. The van der Waals surface area contributed by atoms with Crippen LogP contribution in [0.5, 0.6) is 0 Å². The Balaban J connectivity index is 1.70. The van der Waals surface area contributed by atoms with Gasteiger partial charge in [-0.25, -0.2) is 4.98 Å². The van der Waals surface area contributed by atoms with Crippen molar-refractivity contribution in [2.45, 2.75) is 45.1 Å². The smallest absolute Gasteiger partial charge is 0.0991 e. The van der Waals surface area contributed by atoms with Crippen molar-refractivity contribution in [3.05, 3.63) is 43.0 Å². The summed E-state index contributed by atoms with van der Waals surface area (Å²) in [6, 6.07) is 9.21. The second-order valence-corrected chi connectivity index (χ2v) is 5.97. The fraction of sp³-hybridized carbons (Fsp3) is 0.471. The van der Waals surface area contributed by atoms with Gasteiger partial charge in [-0.3, -0.25) is 0 Å². The average molecular weight is 269 g/mol. The maximum Gasteiger partial charge on any atom is 0.0991 e. The normalized spacial score (nSPS) is 23.2. The number of benzene rings is 1. The highest BCUT2D eigenvalue weighted by Gasteiger charge is 2.15. The van der Waals surface area contributed by atoms with Gasteiger partial charge < -0.3 is 9.88 Å². The van der Waals surface area contributed by atoms with Crippen LogP contribution in [0.4, 0.5) is 5.69 Å². The van der Waals surface area contributed by atoms with Crippen LogP contribution in [-0.4, -0.2) is 15.6 Å². The molecule has 3 nitrogen and oxygen atoms in total. The van der Waals surface area contributed by atoms with E-state index in [1.807, 2.05) is 23.3 Å². The van der Waals surface area contributed by atoms with E-state index >= 15 is 0 Å². The molecule has 1 aliphatic rings. The molecule has 1 fully saturated rings. The van der Waals surface area contributed by atoms with E-state index in [0.717, 1.165) is 11.6 Å². The van der Waals surface area contributed by atoms with Crippen molar-refractivity contribution in [1.82, 2.24) is 9.55 Å². The van der Waals surface area contributed by atoms with Gasteiger partial charge in [-0.05, 0) is 43.4 Å². The van der Waals surface area contributed by atoms with Crippen molar-refractivity contribution in [3.63, 3.8) is 0 Å². The number of hydrogen-bond acceptors (Lipinski definition) is 2. The summed E-state index contributed by atoms with van der Waals surface area (Å²) in [6.45, 7) is 2.38. The van der Waals surface area contributed by atoms with Gasteiger partial charge in [0, 0.05) is 29.8 Å². The second-order valence-electron chi connectivity index (χ2n) is 5.97. The van der Waals surface area contributed by atoms with E-state index in [1.165, 1.54) is 37.8 Å². The fourth-order valence-corrected chi connectivity index (χ4v) is 3.04. The molecular weight excluding hydrogens is 246 g/mol. The van der Waals surface area contributed by atoms with Gasteiger partial charge in [-0.2, -0.15) is 0 Å². The average Bonchev–Trinajstić information content (AvgIpc) is 2.92. The monoisotopic (exact) mass is 269 g/mol. The van der Waals surface area contributed by atoms with E-state index in [2.05, 4.69) is 41.5 Å². The molecule has 0 spiro atoms. The largest absolute Gasteiger partial charge is 0.382 e. The van der Waals surface area contributed by atoms with Gasteiger partial charge in [0.2, 0.25) is 0 Å². The van der Waals surface area contributed by atoms with E-state index in [1.54, 1.807) is 0 Å². The van der Waals surface area contributed by atoms with Gasteiger partial charge in [0.15, 0.2) is 0 Å². The fourth-order valence-electron chi connectivity index (χ4n) is 3.04. The molecule has 0 aliphatic heterocycles. The maximum absolute atomic E-state index is 4.11. The number of nitrogens with zero attached hydrogens (tertiary/aromatic N) is 2. The van der Waals surface area contributed by atoms with Gasteiger partial charge in [-0.1, -0.05) is 25.8 Å². The third kappa shape index (κ3) is 3.21. The minimum atomic E-state index is 0.623.